The van der Waals surface area contributed by atoms with Crippen molar-refractivity contribution in [1.82, 2.24) is 21.3 Å². The normalized spacial score (nSPS) is 12.0. The van der Waals surface area contributed by atoms with Crippen molar-refractivity contribution in [1.29, 1.82) is 0 Å². The lowest BCUT2D eigenvalue weighted by Crippen LogP contribution is -2.53. The first-order valence-electron chi connectivity index (χ1n) is 12.6. The van der Waals surface area contributed by atoms with Crippen LogP contribution in [0.5, 0.6) is 0 Å². The number of ketones is 1. The van der Waals surface area contributed by atoms with Crippen molar-refractivity contribution in [2.24, 2.45) is 11.7 Å². The van der Waals surface area contributed by atoms with Crippen LogP contribution in [0.1, 0.15) is 92.9 Å². The van der Waals surface area contributed by atoms with Crippen LogP contribution >= 0.6 is 0 Å². The van der Waals surface area contributed by atoms with Crippen molar-refractivity contribution >= 4 is 23.5 Å². The Morgan fingerprint density at radius 2 is 1.41 bits per heavy atom. The van der Waals surface area contributed by atoms with E-state index in [1.807, 2.05) is 13.8 Å². The Bertz CT molecular complexity index is 622. The van der Waals surface area contributed by atoms with Crippen molar-refractivity contribution in [3.05, 3.63) is 12.4 Å². The summed E-state index contributed by atoms with van der Waals surface area (Å²) in [7, 11) is 0. The highest BCUT2D eigenvalue weighted by atomic mass is 16.2. The number of carbonyl (C=O) groups excluding carboxylic acids is 4. The average molecular weight is 484 g/mol. The first-order valence-corrected chi connectivity index (χ1v) is 12.6. The van der Waals surface area contributed by atoms with E-state index in [0.717, 1.165) is 0 Å². The zero-order valence-corrected chi connectivity index (χ0v) is 22.2. The second-order valence-corrected chi connectivity index (χ2v) is 8.63. The molecular formula is C25H49N5O4. The van der Waals surface area contributed by atoms with Gasteiger partial charge in [0.15, 0.2) is 5.78 Å². The topological polar surface area (TPSA) is 142 Å². The number of rotatable bonds is 17. The molecule has 0 aromatic heterocycles. The molecule has 1 unspecified atom stereocenters. The van der Waals surface area contributed by atoms with Crippen LogP contribution in [0, 0.1) is 5.92 Å². The first kappa shape index (κ1) is 33.6. The summed E-state index contributed by atoms with van der Waals surface area (Å²) in [6.07, 6.45) is 4.68. The van der Waals surface area contributed by atoms with Crippen LogP contribution in [0.15, 0.2) is 12.4 Å². The largest absolute Gasteiger partial charge is 0.386 e. The fourth-order valence-electron chi connectivity index (χ4n) is 2.92. The Kier molecular flexibility index (Phi) is 20.7. The molecule has 0 saturated carbocycles. The van der Waals surface area contributed by atoms with E-state index < -0.39 is 12.1 Å². The number of hydrogen-bond donors (Lipinski definition) is 5. The van der Waals surface area contributed by atoms with Crippen LogP contribution in [-0.4, -0.2) is 48.7 Å². The van der Waals surface area contributed by atoms with Crippen LogP contribution in [0.3, 0.4) is 0 Å². The predicted octanol–water partition coefficient (Wildman–Crippen LogP) is 2.50. The van der Waals surface area contributed by atoms with Crippen LogP contribution < -0.4 is 27.0 Å². The van der Waals surface area contributed by atoms with Crippen molar-refractivity contribution in [2.75, 3.05) is 13.1 Å². The molecule has 0 radical (unpaired) electrons. The van der Waals surface area contributed by atoms with E-state index in [2.05, 4.69) is 41.7 Å². The molecule has 2 atom stereocenters. The van der Waals surface area contributed by atoms with Crippen molar-refractivity contribution in [3.63, 3.8) is 0 Å². The molecule has 0 fully saturated rings. The van der Waals surface area contributed by atoms with Crippen LogP contribution in [-0.2, 0) is 19.2 Å². The summed E-state index contributed by atoms with van der Waals surface area (Å²) < 4.78 is 0. The van der Waals surface area contributed by atoms with Crippen molar-refractivity contribution in [3.8, 4) is 0 Å². The molecule has 9 heteroatoms. The standard InChI is InChI=1S/C22H41N5O4.C3H8/c1-6-18(28)17(11-10-14-24-16(5)23)26-22(31)21(15(3)4)27-20(30)12-8-9-13-25-19(29)7-2;1-3-2/h15,17,21,24H,5-14,23H2,1-4H3,(H,25,29)(H,26,31)(H,27,30);3H2,1-2H3/t17-,21?;/m0./s1. The fraction of sp³-hybridized carbons (Fsp3) is 0.760. The number of nitrogens with two attached hydrogens (primary N) is 1. The molecule has 0 bridgehead atoms. The Morgan fingerprint density at radius 1 is 0.824 bits per heavy atom. The highest BCUT2D eigenvalue weighted by Gasteiger charge is 2.27. The third kappa shape index (κ3) is 17.9. The molecule has 0 spiro atoms. The number of carbonyl (C=O) groups is 4. The number of hydrogen-bond acceptors (Lipinski definition) is 6. The smallest absolute Gasteiger partial charge is 0.243 e. The van der Waals surface area contributed by atoms with Gasteiger partial charge in [0.1, 0.15) is 6.04 Å². The number of Topliss-reactive ketones (excluding diaryl/α,β-unsaturated/α-hetero) is 1. The Hall–Kier alpha value is -2.58. The van der Waals surface area contributed by atoms with Crippen LogP contribution in [0.25, 0.3) is 0 Å². The van der Waals surface area contributed by atoms with Gasteiger partial charge in [-0.25, -0.2) is 0 Å². The lowest BCUT2D eigenvalue weighted by Gasteiger charge is -2.25. The van der Waals surface area contributed by atoms with E-state index in [0.29, 0.717) is 57.4 Å². The predicted molar refractivity (Wildman–Crippen MR) is 138 cm³/mol. The molecule has 0 aliphatic rings. The molecular weight excluding hydrogens is 434 g/mol. The maximum Gasteiger partial charge on any atom is 0.243 e. The highest BCUT2D eigenvalue weighted by Crippen LogP contribution is 2.07. The summed E-state index contributed by atoms with van der Waals surface area (Å²) in [6.45, 7) is 16.1. The van der Waals surface area contributed by atoms with Gasteiger partial charge in [-0.1, -0.05) is 54.5 Å². The molecule has 0 aromatic carbocycles. The lowest BCUT2D eigenvalue weighted by molar-refractivity contribution is -0.132. The van der Waals surface area contributed by atoms with Gasteiger partial charge in [0.05, 0.1) is 11.9 Å². The zero-order chi connectivity index (χ0) is 26.5. The first-order chi connectivity index (χ1) is 16.0. The van der Waals surface area contributed by atoms with Gasteiger partial charge in [0.2, 0.25) is 17.7 Å². The van der Waals surface area contributed by atoms with Gasteiger partial charge in [-0.15, -0.1) is 0 Å². The Balaban J connectivity index is 0. The van der Waals surface area contributed by atoms with E-state index in [-0.39, 0.29) is 35.8 Å². The van der Waals surface area contributed by atoms with E-state index in [4.69, 9.17) is 5.73 Å². The maximum atomic E-state index is 12.8. The minimum atomic E-state index is -0.721. The minimum Gasteiger partial charge on any atom is -0.386 e. The zero-order valence-electron chi connectivity index (χ0n) is 22.2. The molecule has 0 aliphatic carbocycles. The third-order valence-electron chi connectivity index (χ3n) is 4.81. The number of unbranched alkanes of at least 4 members (excludes halogenated alkanes) is 1. The van der Waals surface area contributed by atoms with Gasteiger partial charge in [-0.3, -0.25) is 19.2 Å². The molecule has 9 nitrogen and oxygen atoms in total. The van der Waals surface area contributed by atoms with E-state index >= 15 is 0 Å². The molecule has 0 aromatic rings. The highest BCUT2D eigenvalue weighted by molar-refractivity contribution is 5.92. The van der Waals surface area contributed by atoms with Gasteiger partial charge in [0.25, 0.3) is 0 Å². The summed E-state index contributed by atoms with van der Waals surface area (Å²) >= 11 is 0. The van der Waals surface area contributed by atoms with E-state index in [1.165, 1.54) is 6.42 Å². The third-order valence-corrected chi connectivity index (χ3v) is 4.81. The Morgan fingerprint density at radius 3 is 1.91 bits per heavy atom. The summed E-state index contributed by atoms with van der Waals surface area (Å²) in [5.74, 6) is -0.421. The summed E-state index contributed by atoms with van der Waals surface area (Å²) in [4.78, 5) is 48.6. The van der Waals surface area contributed by atoms with Gasteiger partial charge < -0.3 is 27.0 Å². The van der Waals surface area contributed by atoms with Gasteiger partial charge in [0, 0.05) is 32.4 Å². The van der Waals surface area contributed by atoms with Gasteiger partial charge in [-0.2, -0.15) is 0 Å². The fourth-order valence-corrected chi connectivity index (χ4v) is 2.92. The maximum absolute atomic E-state index is 12.8. The average Bonchev–Trinajstić information content (AvgIpc) is 2.78. The number of amides is 3. The van der Waals surface area contributed by atoms with E-state index in [9.17, 15) is 19.2 Å². The molecule has 34 heavy (non-hydrogen) atoms. The lowest BCUT2D eigenvalue weighted by atomic mass is 10.00. The molecule has 6 N–H and O–H groups in total. The van der Waals surface area contributed by atoms with Crippen molar-refractivity contribution in [2.45, 2.75) is 105 Å². The second-order valence-electron chi connectivity index (χ2n) is 8.63. The quantitative estimate of drug-likeness (QED) is 0.201. The monoisotopic (exact) mass is 483 g/mol. The molecule has 0 saturated heterocycles. The van der Waals surface area contributed by atoms with E-state index in [1.54, 1.807) is 13.8 Å². The molecule has 0 rings (SSSR count). The molecule has 0 heterocycles. The molecule has 198 valence electrons. The van der Waals surface area contributed by atoms with Crippen LogP contribution in [0.2, 0.25) is 0 Å². The molecule has 0 aliphatic heterocycles. The van der Waals surface area contributed by atoms with Gasteiger partial charge in [-0.05, 0) is 31.6 Å². The van der Waals surface area contributed by atoms with Crippen LogP contribution in [0.4, 0.5) is 0 Å². The van der Waals surface area contributed by atoms with Crippen molar-refractivity contribution < 1.29 is 19.2 Å². The number of nitrogens with one attached hydrogen (secondary N) is 4. The minimum absolute atomic E-state index is 0.0130. The van der Waals surface area contributed by atoms with Gasteiger partial charge >= 0.3 is 0 Å². The summed E-state index contributed by atoms with van der Waals surface area (Å²) in [5.41, 5.74) is 5.47. The summed E-state index contributed by atoms with van der Waals surface area (Å²) in [5, 5.41) is 11.2. The summed E-state index contributed by atoms with van der Waals surface area (Å²) in [6, 6.07) is -1.33. The Labute approximate surface area is 206 Å². The molecule has 3 amide bonds. The SMILES string of the molecule is C=C(N)NCCC[C@H](NC(=O)C(NC(=O)CCCCNC(=O)CC)C(C)C)C(=O)CC.CCC. The second kappa shape index (κ2) is 21.0.